The molecular weight excluding hydrogens is 270 g/mol. The molecule has 1 aromatic carbocycles. The van der Waals surface area contributed by atoms with Crippen LogP contribution in [0.3, 0.4) is 0 Å². The van der Waals surface area contributed by atoms with Crippen molar-refractivity contribution in [3.8, 4) is 0 Å². The van der Waals surface area contributed by atoms with Crippen LogP contribution in [0.15, 0.2) is 21.9 Å². The summed E-state index contributed by atoms with van der Waals surface area (Å²) in [6.07, 6.45) is 0. The number of benzene rings is 1. The number of thiazole rings is 1. The molecular formula is C8H7NO4S3. The van der Waals surface area contributed by atoms with Gasteiger partial charge in [-0.25, -0.2) is 4.98 Å². The molecule has 0 bridgehead atoms. The number of rotatable bonds is 2. The van der Waals surface area contributed by atoms with Crippen molar-refractivity contribution >= 4 is 43.7 Å². The average Bonchev–Trinajstić information content (AvgIpc) is 2.54. The van der Waals surface area contributed by atoms with Crippen LogP contribution in [-0.2, 0) is 10.1 Å². The molecule has 0 amide bonds. The fourth-order valence-electron chi connectivity index (χ4n) is 1.30. The molecule has 0 unspecified atom stereocenters. The largest absolute Gasteiger partial charge is 0.325 e. The second kappa shape index (κ2) is 3.97. The second-order valence-corrected chi connectivity index (χ2v) is 6.35. The van der Waals surface area contributed by atoms with Crippen LogP contribution in [0, 0.1) is 6.92 Å². The van der Waals surface area contributed by atoms with Crippen LogP contribution in [0.2, 0.25) is 0 Å². The summed E-state index contributed by atoms with van der Waals surface area (Å²) < 4.78 is 40.6. The predicted molar refractivity (Wildman–Crippen MR) is 62.7 cm³/mol. The number of hydrogen-bond acceptors (Lipinski definition) is 6. The molecule has 0 aliphatic rings. The van der Waals surface area contributed by atoms with E-state index < -0.39 is 10.1 Å². The molecule has 8 heteroatoms. The third-order valence-corrected chi connectivity index (χ3v) is 4.19. The number of aryl methyl sites for hydroxylation is 1. The zero-order valence-corrected chi connectivity index (χ0v) is 10.5. The molecule has 2 N–H and O–H groups in total. The van der Waals surface area contributed by atoms with E-state index in [9.17, 15) is 8.42 Å². The first-order valence-electron chi connectivity index (χ1n) is 4.12. The summed E-state index contributed by atoms with van der Waals surface area (Å²) in [6.45, 7) is 1.78. The zero-order valence-electron chi connectivity index (χ0n) is 8.04. The van der Waals surface area contributed by atoms with Crippen molar-refractivity contribution in [2.75, 3.05) is 0 Å². The Labute approximate surface area is 100 Å². The lowest BCUT2D eigenvalue weighted by Gasteiger charge is -2.00. The molecule has 1 heterocycles. The topological polar surface area (TPSA) is 87.5 Å². The zero-order chi connectivity index (χ0) is 11.9. The first kappa shape index (κ1) is 11.8. The standard InChI is InChI=1S/C8H7NO4S3/c1-4-9-8-6(14-4)2-5(16(11,12)13)3-7(8)15-10/h2-3,10H,1H3,(H,11,12,13). The van der Waals surface area contributed by atoms with Gasteiger partial charge in [0.15, 0.2) is 0 Å². The molecule has 2 rings (SSSR count). The smallest absolute Gasteiger partial charge is 0.294 e. The van der Waals surface area contributed by atoms with Gasteiger partial charge >= 0.3 is 0 Å². The van der Waals surface area contributed by atoms with Crippen LogP contribution in [-0.4, -0.2) is 22.5 Å². The number of nitrogens with zero attached hydrogens (tertiary/aromatic N) is 1. The van der Waals surface area contributed by atoms with E-state index in [1.54, 1.807) is 6.92 Å². The third-order valence-electron chi connectivity index (χ3n) is 1.94. The molecule has 2 aromatic rings. The summed E-state index contributed by atoms with van der Waals surface area (Å²) >= 11 is 1.71. The first-order chi connectivity index (χ1) is 7.41. The quantitative estimate of drug-likeness (QED) is 0.647. The lowest BCUT2D eigenvalue weighted by molar-refractivity contribution is 0.483. The van der Waals surface area contributed by atoms with Gasteiger partial charge in [-0.15, -0.1) is 11.3 Å². The maximum Gasteiger partial charge on any atom is 0.294 e. The van der Waals surface area contributed by atoms with Gasteiger partial charge in [0.05, 0.1) is 25.0 Å². The molecule has 0 fully saturated rings. The van der Waals surface area contributed by atoms with Crippen LogP contribution >= 0.6 is 23.4 Å². The van der Waals surface area contributed by atoms with Gasteiger partial charge in [0.1, 0.15) is 0 Å². The molecule has 0 saturated heterocycles. The van der Waals surface area contributed by atoms with E-state index in [0.717, 1.165) is 5.01 Å². The Morgan fingerprint density at radius 3 is 2.69 bits per heavy atom. The normalized spacial score (nSPS) is 12.2. The number of hydrogen-bond donors (Lipinski definition) is 2. The van der Waals surface area contributed by atoms with E-state index in [0.29, 0.717) is 27.2 Å². The van der Waals surface area contributed by atoms with Gasteiger partial charge in [-0.05, 0) is 19.1 Å². The number of aromatic nitrogens is 1. The molecule has 0 saturated carbocycles. The van der Waals surface area contributed by atoms with Crippen LogP contribution in [0.4, 0.5) is 0 Å². The van der Waals surface area contributed by atoms with Crippen molar-refractivity contribution < 1.29 is 17.5 Å². The van der Waals surface area contributed by atoms with Gasteiger partial charge in [-0.1, -0.05) is 0 Å². The lowest BCUT2D eigenvalue weighted by Crippen LogP contribution is -1.98. The second-order valence-electron chi connectivity index (χ2n) is 3.07. The average molecular weight is 277 g/mol. The fourth-order valence-corrected chi connectivity index (χ4v) is 3.37. The summed E-state index contributed by atoms with van der Waals surface area (Å²) in [6, 6.07) is 2.54. The summed E-state index contributed by atoms with van der Waals surface area (Å²) in [5.74, 6) is 0. The Morgan fingerprint density at radius 2 is 2.12 bits per heavy atom. The highest BCUT2D eigenvalue weighted by Gasteiger charge is 2.16. The molecule has 0 spiro atoms. The predicted octanol–water partition coefficient (Wildman–Crippen LogP) is 2.42. The third kappa shape index (κ3) is 2.06. The Balaban J connectivity index is 2.82. The van der Waals surface area contributed by atoms with Gasteiger partial charge in [0.25, 0.3) is 10.1 Å². The van der Waals surface area contributed by atoms with E-state index in [1.807, 2.05) is 0 Å². The van der Waals surface area contributed by atoms with Gasteiger partial charge in [0.2, 0.25) is 0 Å². The van der Waals surface area contributed by atoms with E-state index in [2.05, 4.69) is 4.98 Å². The lowest BCUT2D eigenvalue weighted by atomic mass is 10.3. The first-order valence-corrected chi connectivity index (χ1v) is 7.15. The molecule has 0 radical (unpaired) electrons. The van der Waals surface area contributed by atoms with E-state index >= 15 is 0 Å². The minimum absolute atomic E-state index is 0.236. The Kier molecular flexibility index (Phi) is 2.93. The van der Waals surface area contributed by atoms with Gasteiger partial charge in [-0.2, -0.15) is 8.42 Å². The molecule has 86 valence electrons. The van der Waals surface area contributed by atoms with E-state index in [1.165, 1.54) is 23.5 Å². The highest BCUT2D eigenvalue weighted by atomic mass is 32.2. The van der Waals surface area contributed by atoms with Crippen molar-refractivity contribution in [1.29, 1.82) is 0 Å². The van der Waals surface area contributed by atoms with E-state index in [-0.39, 0.29) is 4.90 Å². The van der Waals surface area contributed by atoms with Crippen molar-refractivity contribution in [1.82, 2.24) is 4.98 Å². The number of fused-ring (bicyclic) bond motifs is 1. The molecule has 0 atom stereocenters. The summed E-state index contributed by atoms with van der Waals surface area (Å²) in [7, 11) is -4.26. The molecule has 0 aliphatic carbocycles. The molecule has 0 aliphatic heterocycles. The van der Waals surface area contributed by atoms with Crippen LogP contribution < -0.4 is 0 Å². The van der Waals surface area contributed by atoms with Crippen LogP contribution in [0.5, 0.6) is 0 Å². The van der Waals surface area contributed by atoms with E-state index in [4.69, 9.17) is 9.11 Å². The van der Waals surface area contributed by atoms with Crippen molar-refractivity contribution in [3.05, 3.63) is 17.1 Å². The fraction of sp³-hybridized carbons (Fsp3) is 0.125. The minimum Gasteiger partial charge on any atom is -0.325 e. The van der Waals surface area contributed by atoms with Crippen LogP contribution in [0.25, 0.3) is 10.2 Å². The maximum atomic E-state index is 11.0. The molecule has 1 aromatic heterocycles. The monoisotopic (exact) mass is 277 g/mol. The summed E-state index contributed by atoms with van der Waals surface area (Å²) in [5, 5.41) is 0.762. The van der Waals surface area contributed by atoms with Crippen molar-refractivity contribution in [2.45, 2.75) is 16.7 Å². The Bertz CT molecular complexity index is 647. The molecule has 16 heavy (non-hydrogen) atoms. The van der Waals surface area contributed by atoms with Gasteiger partial charge < -0.3 is 4.55 Å². The van der Waals surface area contributed by atoms with Crippen molar-refractivity contribution in [3.63, 3.8) is 0 Å². The summed E-state index contributed by atoms with van der Waals surface area (Å²) in [5.41, 5.74) is 0.544. The van der Waals surface area contributed by atoms with Crippen LogP contribution in [0.1, 0.15) is 5.01 Å². The SMILES string of the molecule is Cc1nc2c(SO)cc(S(=O)(=O)O)cc2s1. The summed E-state index contributed by atoms with van der Waals surface area (Å²) in [4.78, 5) is 4.25. The Morgan fingerprint density at radius 1 is 1.44 bits per heavy atom. The van der Waals surface area contributed by atoms with Gasteiger partial charge in [0, 0.05) is 12.0 Å². The van der Waals surface area contributed by atoms with Gasteiger partial charge in [-0.3, -0.25) is 4.55 Å². The maximum absolute atomic E-state index is 11.0. The highest BCUT2D eigenvalue weighted by Crippen LogP contribution is 2.32. The molecule has 5 nitrogen and oxygen atoms in total. The highest BCUT2D eigenvalue weighted by molar-refractivity contribution is 7.94. The minimum atomic E-state index is -4.26. The Hall–Kier alpha value is -0.670. The van der Waals surface area contributed by atoms with Crippen molar-refractivity contribution in [2.24, 2.45) is 0 Å².